The number of amides is 2. The first-order chi connectivity index (χ1) is 15.3. The number of carboxylic acid groups (broad SMARTS) is 1. The third-order valence-corrected chi connectivity index (χ3v) is 6.67. The molecule has 0 aromatic carbocycles. The fraction of sp³-hybridized carbons (Fsp3) is 0.667. The first-order valence-electron chi connectivity index (χ1n) is 11.8. The van der Waals surface area contributed by atoms with E-state index >= 15 is 0 Å². The number of nitrogens with one attached hydrogen (secondary N) is 1. The van der Waals surface area contributed by atoms with E-state index in [1.54, 1.807) is 4.90 Å². The Kier molecular flexibility index (Phi) is 8.23. The highest BCUT2D eigenvalue weighted by atomic mass is 16.4. The Labute approximate surface area is 189 Å². The topological polar surface area (TPSA) is 120 Å². The van der Waals surface area contributed by atoms with Gasteiger partial charge in [-0.2, -0.15) is 0 Å². The Morgan fingerprint density at radius 2 is 1.84 bits per heavy atom. The van der Waals surface area contributed by atoms with E-state index in [2.05, 4.69) is 17.4 Å². The van der Waals surface area contributed by atoms with Crippen molar-refractivity contribution in [3.05, 3.63) is 29.1 Å². The van der Waals surface area contributed by atoms with Crippen LogP contribution in [0.1, 0.15) is 75.2 Å². The molecule has 2 aliphatic rings. The lowest BCUT2D eigenvalue weighted by atomic mass is 9.84. The second-order valence-electron chi connectivity index (χ2n) is 9.13. The number of pyridine rings is 1. The predicted molar refractivity (Wildman–Crippen MR) is 119 cm³/mol. The van der Waals surface area contributed by atoms with Gasteiger partial charge in [-0.05, 0) is 69.4 Å². The van der Waals surface area contributed by atoms with E-state index in [9.17, 15) is 24.6 Å². The van der Waals surface area contributed by atoms with Crippen molar-refractivity contribution in [3.8, 4) is 0 Å². The highest BCUT2D eigenvalue weighted by Crippen LogP contribution is 2.27. The predicted octanol–water partition coefficient (Wildman–Crippen LogP) is 2.01. The van der Waals surface area contributed by atoms with Crippen molar-refractivity contribution in [3.63, 3.8) is 0 Å². The Morgan fingerprint density at radius 1 is 1.12 bits per heavy atom. The highest BCUT2D eigenvalue weighted by Gasteiger charge is 2.45. The molecule has 2 amide bonds. The van der Waals surface area contributed by atoms with Crippen LogP contribution in [0.25, 0.3) is 0 Å². The van der Waals surface area contributed by atoms with E-state index in [0.29, 0.717) is 6.42 Å². The summed E-state index contributed by atoms with van der Waals surface area (Å²) in [6, 6.07) is 2.99. The minimum Gasteiger partial charge on any atom is -0.480 e. The molecule has 32 heavy (non-hydrogen) atoms. The maximum Gasteiger partial charge on any atom is 0.329 e. The molecule has 8 heteroatoms. The van der Waals surface area contributed by atoms with Crippen molar-refractivity contribution < 1.29 is 24.6 Å². The van der Waals surface area contributed by atoms with Crippen molar-refractivity contribution in [2.45, 2.75) is 89.2 Å². The van der Waals surface area contributed by atoms with E-state index in [4.69, 9.17) is 4.98 Å². The van der Waals surface area contributed by atoms with Gasteiger partial charge in [0.15, 0.2) is 6.04 Å². The summed E-state index contributed by atoms with van der Waals surface area (Å²) in [7, 11) is 0. The van der Waals surface area contributed by atoms with Crippen LogP contribution in [-0.2, 0) is 33.6 Å². The molecule has 0 saturated carbocycles. The summed E-state index contributed by atoms with van der Waals surface area (Å²) in [6.45, 7) is 1.80. The summed E-state index contributed by atoms with van der Waals surface area (Å²) in [6.07, 6.45) is 9.08. The Balaban J connectivity index is 1.37. The van der Waals surface area contributed by atoms with Crippen molar-refractivity contribution in [1.82, 2.24) is 15.2 Å². The molecule has 1 aliphatic carbocycles. The molecule has 1 aliphatic heterocycles. The number of hydrogen-bond acceptors (Lipinski definition) is 5. The number of piperidine rings is 1. The molecule has 1 atom stereocenters. The zero-order valence-corrected chi connectivity index (χ0v) is 18.9. The maximum absolute atomic E-state index is 12.5. The van der Waals surface area contributed by atoms with Crippen molar-refractivity contribution in [2.24, 2.45) is 0 Å². The number of carbonyl (C=O) groups is 3. The van der Waals surface area contributed by atoms with Gasteiger partial charge in [-0.3, -0.25) is 14.6 Å². The third kappa shape index (κ3) is 6.28. The van der Waals surface area contributed by atoms with E-state index in [0.717, 1.165) is 44.2 Å². The van der Waals surface area contributed by atoms with Gasteiger partial charge in [-0.15, -0.1) is 0 Å². The van der Waals surface area contributed by atoms with Crippen LogP contribution in [0, 0.1) is 0 Å². The summed E-state index contributed by atoms with van der Waals surface area (Å²) in [4.78, 5) is 41.8. The Bertz CT molecular complexity index is 833. The molecule has 0 spiro atoms. The van der Waals surface area contributed by atoms with Crippen LogP contribution in [-0.4, -0.2) is 62.6 Å². The van der Waals surface area contributed by atoms with Gasteiger partial charge in [0.1, 0.15) is 0 Å². The second-order valence-corrected chi connectivity index (χ2v) is 9.13. The van der Waals surface area contributed by atoms with Gasteiger partial charge in [0, 0.05) is 37.8 Å². The summed E-state index contributed by atoms with van der Waals surface area (Å²) < 4.78 is 0. The number of carboxylic acids is 1. The second kappa shape index (κ2) is 10.9. The zero-order chi connectivity index (χ0) is 23.1. The SMILES string of the molecule is CC(=O)NC(C(=O)O)C1(O)CCN(C(=O)CCCCCc2ccc3c(n2)CCCC3)CC1. The number of unbranched alkanes of at least 4 members (excludes halogenated alkanes) is 2. The van der Waals surface area contributed by atoms with Crippen LogP contribution in [0.3, 0.4) is 0 Å². The average Bonchev–Trinajstić information content (AvgIpc) is 2.77. The molecule has 8 nitrogen and oxygen atoms in total. The lowest BCUT2D eigenvalue weighted by Crippen LogP contribution is -2.61. The largest absolute Gasteiger partial charge is 0.480 e. The molecule has 1 aromatic heterocycles. The number of likely N-dealkylation sites (tertiary alicyclic amines) is 1. The molecule has 1 saturated heterocycles. The van der Waals surface area contributed by atoms with Crippen LogP contribution < -0.4 is 5.32 Å². The van der Waals surface area contributed by atoms with Crippen molar-refractivity contribution >= 4 is 17.8 Å². The highest BCUT2D eigenvalue weighted by molar-refractivity contribution is 5.83. The van der Waals surface area contributed by atoms with Gasteiger partial charge in [0.05, 0.1) is 5.60 Å². The number of aliphatic hydroxyl groups is 1. The molecule has 0 radical (unpaired) electrons. The van der Waals surface area contributed by atoms with Crippen molar-refractivity contribution in [2.75, 3.05) is 13.1 Å². The van der Waals surface area contributed by atoms with Crippen LogP contribution in [0.5, 0.6) is 0 Å². The van der Waals surface area contributed by atoms with Crippen molar-refractivity contribution in [1.29, 1.82) is 0 Å². The summed E-state index contributed by atoms with van der Waals surface area (Å²) in [5.41, 5.74) is 2.25. The van der Waals surface area contributed by atoms with Crippen LogP contribution >= 0.6 is 0 Å². The lowest BCUT2D eigenvalue weighted by molar-refractivity contribution is -0.154. The number of carbonyl (C=O) groups excluding carboxylic acids is 2. The average molecular weight is 446 g/mol. The van der Waals surface area contributed by atoms with E-state index in [1.807, 2.05) is 0 Å². The molecule has 1 aromatic rings. The number of hydrogen-bond donors (Lipinski definition) is 3. The maximum atomic E-state index is 12.5. The number of aryl methyl sites for hydroxylation is 3. The van der Waals surface area contributed by atoms with Gasteiger partial charge < -0.3 is 20.4 Å². The summed E-state index contributed by atoms with van der Waals surface area (Å²) in [5.74, 6) is -1.74. The van der Waals surface area contributed by atoms with E-state index < -0.39 is 23.5 Å². The van der Waals surface area contributed by atoms with Crippen LogP contribution in [0.15, 0.2) is 12.1 Å². The minimum absolute atomic E-state index is 0.0327. The van der Waals surface area contributed by atoms with E-state index in [1.165, 1.54) is 31.0 Å². The standard InChI is InChI=1S/C24H35N3O5/c1-17(28)25-22(23(30)31)24(32)13-15-27(16-14-24)21(29)10-4-2-3-8-19-12-11-18-7-5-6-9-20(18)26-19/h11-12,22,32H,2-10,13-16H2,1H3,(H,25,28)(H,30,31). The molecule has 3 rings (SSSR count). The van der Waals surface area contributed by atoms with Gasteiger partial charge in [-0.1, -0.05) is 12.5 Å². The molecule has 2 heterocycles. The van der Waals surface area contributed by atoms with Gasteiger partial charge >= 0.3 is 5.97 Å². The number of aliphatic carboxylic acids is 1. The lowest BCUT2D eigenvalue weighted by Gasteiger charge is -2.41. The minimum atomic E-state index is -1.55. The molecule has 3 N–H and O–H groups in total. The number of rotatable bonds is 9. The number of aromatic nitrogens is 1. The normalized spacial score (nSPS) is 18.5. The molecule has 176 valence electrons. The first-order valence-corrected chi connectivity index (χ1v) is 11.8. The number of fused-ring (bicyclic) bond motifs is 1. The third-order valence-electron chi connectivity index (χ3n) is 6.67. The fourth-order valence-corrected chi connectivity index (χ4v) is 4.75. The molecular formula is C24H35N3O5. The molecular weight excluding hydrogens is 410 g/mol. The smallest absolute Gasteiger partial charge is 0.329 e. The monoisotopic (exact) mass is 445 g/mol. The fourth-order valence-electron chi connectivity index (χ4n) is 4.75. The van der Waals surface area contributed by atoms with Gasteiger partial charge in [0.25, 0.3) is 0 Å². The van der Waals surface area contributed by atoms with Crippen LogP contribution in [0.2, 0.25) is 0 Å². The zero-order valence-electron chi connectivity index (χ0n) is 18.9. The van der Waals surface area contributed by atoms with E-state index in [-0.39, 0.29) is 31.8 Å². The van der Waals surface area contributed by atoms with Crippen LogP contribution in [0.4, 0.5) is 0 Å². The first kappa shape index (κ1) is 24.2. The molecule has 1 fully saturated rings. The summed E-state index contributed by atoms with van der Waals surface area (Å²) in [5, 5.41) is 22.4. The number of nitrogens with zero attached hydrogens (tertiary/aromatic N) is 2. The Morgan fingerprint density at radius 3 is 2.53 bits per heavy atom. The Hall–Kier alpha value is -2.48. The molecule has 1 unspecified atom stereocenters. The summed E-state index contributed by atoms with van der Waals surface area (Å²) >= 11 is 0. The van der Waals surface area contributed by atoms with Gasteiger partial charge in [-0.25, -0.2) is 4.79 Å². The van der Waals surface area contributed by atoms with Gasteiger partial charge in [0.2, 0.25) is 11.8 Å². The molecule has 0 bridgehead atoms. The quantitative estimate of drug-likeness (QED) is 0.500.